The zero-order chi connectivity index (χ0) is 14.5. The summed E-state index contributed by atoms with van der Waals surface area (Å²) in [7, 11) is 3.53. The maximum Gasteiger partial charge on any atom is 0.176 e. The van der Waals surface area contributed by atoms with Crippen LogP contribution in [0.3, 0.4) is 0 Å². The average molecular weight is 310 g/mol. The molecule has 0 unspecified atom stereocenters. The highest BCUT2D eigenvalue weighted by Gasteiger charge is 2.10. The van der Waals surface area contributed by atoms with E-state index in [-0.39, 0.29) is 5.78 Å². The zero-order valence-corrected chi connectivity index (χ0v) is 13.0. The van der Waals surface area contributed by atoms with Gasteiger partial charge in [0.1, 0.15) is 5.75 Å². The third kappa shape index (κ3) is 4.07. The normalized spacial score (nSPS) is 10.8. The molecule has 2 aromatic rings. The Hall–Kier alpha value is -1.36. The highest BCUT2D eigenvalue weighted by Crippen LogP contribution is 2.22. The van der Waals surface area contributed by atoms with Gasteiger partial charge in [-0.3, -0.25) is 9.69 Å². The Balaban J connectivity index is 1.92. The van der Waals surface area contributed by atoms with Crippen molar-refractivity contribution in [3.63, 3.8) is 0 Å². The number of methoxy groups -OCH3 is 1. The van der Waals surface area contributed by atoms with Gasteiger partial charge in [-0.2, -0.15) is 0 Å². The van der Waals surface area contributed by atoms with Crippen molar-refractivity contribution in [1.82, 2.24) is 4.90 Å². The molecule has 20 heavy (non-hydrogen) atoms. The summed E-state index contributed by atoms with van der Waals surface area (Å²) in [6.45, 7) is 1.10. The number of ether oxygens (including phenoxy) is 1. The average Bonchev–Trinajstić information content (AvgIpc) is 2.84. The van der Waals surface area contributed by atoms with Crippen LogP contribution in [0.5, 0.6) is 5.75 Å². The minimum atomic E-state index is 0.0952. The van der Waals surface area contributed by atoms with E-state index in [1.807, 2.05) is 24.1 Å². The SMILES string of the molecule is COc1ccc(C(=O)CN(C)Cc2ccc(Cl)s2)cc1. The Bertz CT molecular complexity index is 580. The minimum Gasteiger partial charge on any atom is -0.497 e. The summed E-state index contributed by atoms with van der Waals surface area (Å²) in [6, 6.07) is 11.0. The number of hydrogen-bond donors (Lipinski definition) is 0. The topological polar surface area (TPSA) is 29.5 Å². The summed E-state index contributed by atoms with van der Waals surface area (Å²) in [4.78, 5) is 15.3. The van der Waals surface area contributed by atoms with E-state index in [0.717, 1.165) is 21.5 Å². The maximum absolute atomic E-state index is 12.1. The number of nitrogens with zero attached hydrogens (tertiary/aromatic N) is 1. The lowest BCUT2D eigenvalue weighted by atomic mass is 10.1. The van der Waals surface area contributed by atoms with Crippen LogP contribution in [-0.2, 0) is 6.54 Å². The molecule has 0 aliphatic carbocycles. The molecule has 0 amide bonds. The number of carbonyl (C=O) groups excluding carboxylic acids is 1. The third-order valence-electron chi connectivity index (χ3n) is 2.88. The van der Waals surface area contributed by atoms with E-state index in [2.05, 4.69) is 0 Å². The summed E-state index contributed by atoms with van der Waals surface area (Å²) < 4.78 is 5.85. The smallest absolute Gasteiger partial charge is 0.176 e. The molecule has 1 aromatic heterocycles. The Labute approximate surface area is 127 Å². The van der Waals surface area contributed by atoms with Crippen LogP contribution in [0.1, 0.15) is 15.2 Å². The number of hydrogen-bond acceptors (Lipinski definition) is 4. The van der Waals surface area contributed by atoms with Crippen molar-refractivity contribution in [3.05, 3.63) is 51.2 Å². The van der Waals surface area contributed by atoms with Crippen LogP contribution in [0.2, 0.25) is 4.34 Å². The molecular weight excluding hydrogens is 294 g/mol. The maximum atomic E-state index is 12.1. The molecule has 0 N–H and O–H groups in total. The second kappa shape index (κ2) is 6.88. The van der Waals surface area contributed by atoms with Crippen LogP contribution in [0.15, 0.2) is 36.4 Å². The number of thiophene rings is 1. The lowest BCUT2D eigenvalue weighted by Gasteiger charge is -2.14. The number of halogens is 1. The summed E-state index contributed by atoms with van der Waals surface area (Å²) >= 11 is 7.44. The van der Waals surface area contributed by atoms with Gasteiger partial charge in [-0.25, -0.2) is 0 Å². The number of rotatable bonds is 6. The molecule has 1 aromatic carbocycles. The molecular formula is C15H16ClNO2S. The quantitative estimate of drug-likeness (QED) is 0.762. The van der Waals surface area contributed by atoms with Gasteiger partial charge in [-0.05, 0) is 43.4 Å². The Morgan fingerprint density at radius 3 is 2.50 bits per heavy atom. The lowest BCUT2D eigenvalue weighted by molar-refractivity contribution is 0.0943. The molecule has 0 saturated heterocycles. The fourth-order valence-electron chi connectivity index (χ4n) is 1.87. The van der Waals surface area contributed by atoms with Gasteiger partial charge in [-0.1, -0.05) is 11.6 Å². The lowest BCUT2D eigenvalue weighted by Crippen LogP contribution is -2.25. The highest BCUT2D eigenvalue weighted by molar-refractivity contribution is 7.16. The Morgan fingerprint density at radius 1 is 1.25 bits per heavy atom. The van der Waals surface area contributed by atoms with Crippen LogP contribution in [0.25, 0.3) is 0 Å². The van der Waals surface area contributed by atoms with Crippen molar-refractivity contribution in [2.75, 3.05) is 20.7 Å². The van der Waals surface area contributed by atoms with Crippen molar-refractivity contribution in [2.45, 2.75) is 6.54 Å². The first-order valence-corrected chi connectivity index (χ1v) is 7.38. The number of Topliss-reactive ketones (excluding diaryl/α,β-unsaturated/α-hetero) is 1. The molecule has 1 heterocycles. The number of benzene rings is 1. The van der Waals surface area contributed by atoms with Crippen LogP contribution < -0.4 is 4.74 Å². The number of likely N-dealkylation sites (N-methyl/N-ethyl adjacent to an activating group) is 1. The van der Waals surface area contributed by atoms with Crippen LogP contribution in [-0.4, -0.2) is 31.4 Å². The summed E-state index contributed by atoms with van der Waals surface area (Å²) in [5.41, 5.74) is 0.696. The number of carbonyl (C=O) groups is 1. The van der Waals surface area contributed by atoms with E-state index >= 15 is 0 Å². The van der Waals surface area contributed by atoms with Crippen molar-refractivity contribution in [3.8, 4) is 5.75 Å². The molecule has 2 rings (SSSR count). The van der Waals surface area contributed by atoms with Crippen LogP contribution >= 0.6 is 22.9 Å². The van der Waals surface area contributed by atoms with Gasteiger partial charge < -0.3 is 4.74 Å². The fourth-order valence-corrected chi connectivity index (χ4v) is 3.04. The molecule has 0 bridgehead atoms. The molecule has 0 radical (unpaired) electrons. The van der Waals surface area contributed by atoms with Gasteiger partial charge in [-0.15, -0.1) is 11.3 Å². The van der Waals surface area contributed by atoms with Gasteiger partial charge in [0.15, 0.2) is 5.78 Å². The van der Waals surface area contributed by atoms with Crippen molar-refractivity contribution in [2.24, 2.45) is 0 Å². The van der Waals surface area contributed by atoms with E-state index in [1.165, 1.54) is 11.3 Å². The molecule has 3 nitrogen and oxygen atoms in total. The molecule has 0 atom stereocenters. The molecule has 0 spiro atoms. The first-order valence-electron chi connectivity index (χ1n) is 6.18. The fraction of sp³-hybridized carbons (Fsp3) is 0.267. The van der Waals surface area contributed by atoms with Gasteiger partial charge in [0.25, 0.3) is 0 Å². The summed E-state index contributed by atoms with van der Waals surface area (Å²) in [5, 5.41) is 0. The zero-order valence-electron chi connectivity index (χ0n) is 11.4. The molecule has 0 aliphatic heterocycles. The molecule has 0 saturated carbocycles. The van der Waals surface area contributed by atoms with Crippen LogP contribution in [0.4, 0.5) is 0 Å². The molecule has 0 fully saturated rings. The van der Waals surface area contributed by atoms with Gasteiger partial charge in [0, 0.05) is 17.0 Å². The second-order valence-corrected chi connectivity index (χ2v) is 6.33. The Morgan fingerprint density at radius 2 is 1.95 bits per heavy atom. The van der Waals surface area contributed by atoms with Gasteiger partial charge in [0.05, 0.1) is 18.0 Å². The van der Waals surface area contributed by atoms with Gasteiger partial charge >= 0.3 is 0 Å². The summed E-state index contributed by atoms with van der Waals surface area (Å²) in [5.74, 6) is 0.848. The van der Waals surface area contributed by atoms with E-state index in [1.54, 1.807) is 31.4 Å². The van der Waals surface area contributed by atoms with Crippen LogP contribution in [0, 0.1) is 0 Å². The predicted molar refractivity (Wildman–Crippen MR) is 83.0 cm³/mol. The van der Waals surface area contributed by atoms with E-state index in [9.17, 15) is 4.79 Å². The van der Waals surface area contributed by atoms with E-state index < -0.39 is 0 Å². The third-order valence-corrected chi connectivity index (χ3v) is 4.10. The van der Waals surface area contributed by atoms with E-state index in [0.29, 0.717) is 12.1 Å². The van der Waals surface area contributed by atoms with E-state index in [4.69, 9.17) is 16.3 Å². The predicted octanol–water partition coefficient (Wildman–Crippen LogP) is 3.72. The highest BCUT2D eigenvalue weighted by atomic mass is 35.5. The summed E-state index contributed by atoms with van der Waals surface area (Å²) in [6.07, 6.45) is 0. The first-order chi connectivity index (χ1) is 9.58. The molecule has 106 valence electrons. The molecule has 5 heteroatoms. The standard InChI is InChI=1S/C15H16ClNO2S/c1-17(9-13-7-8-15(16)20-13)10-14(18)11-3-5-12(19-2)6-4-11/h3-8H,9-10H2,1-2H3. The van der Waals surface area contributed by atoms with Crippen molar-refractivity contribution in [1.29, 1.82) is 0 Å². The second-order valence-electron chi connectivity index (χ2n) is 4.53. The van der Waals surface area contributed by atoms with Crippen molar-refractivity contribution < 1.29 is 9.53 Å². The van der Waals surface area contributed by atoms with Gasteiger partial charge in [0.2, 0.25) is 0 Å². The molecule has 0 aliphatic rings. The Kier molecular flexibility index (Phi) is 5.17. The largest absolute Gasteiger partial charge is 0.497 e. The number of ketones is 1. The monoisotopic (exact) mass is 309 g/mol. The minimum absolute atomic E-state index is 0.0952. The van der Waals surface area contributed by atoms with Crippen molar-refractivity contribution >= 4 is 28.7 Å². The first kappa shape index (κ1) is 15.0.